The Morgan fingerprint density at radius 2 is 1.95 bits per heavy atom. The fourth-order valence-electron chi connectivity index (χ4n) is 2.12. The van der Waals surface area contributed by atoms with Crippen molar-refractivity contribution in [3.05, 3.63) is 70.2 Å². The van der Waals surface area contributed by atoms with E-state index in [1.54, 1.807) is 6.07 Å². The first kappa shape index (κ1) is 13.7. The van der Waals surface area contributed by atoms with Gasteiger partial charge in [0, 0.05) is 22.7 Å². The lowest BCUT2D eigenvalue weighted by Crippen LogP contribution is -2.12. The number of aromatic amines is 1. The second-order valence-electron chi connectivity index (χ2n) is 4.65. The number of benzene rings is 2. The number of amides is 1. The van der Waals surface area contributed by atoms with Gasteiger partial charge in [0.2, 0.25) is 5.82 Å². The molecule has 110 valence electrons. The van der Waals surface area contributed by atoms with Gasteiger partial charge in [0.25, 0.3) is 5.91 Å². The molecule has 3 aromatic rings. The van der Waals surface area contributed by atoms with Crippen LogP contribution in [0.1, 0.15) is 10.5 Å². The van der Waals surface area contributed by atoms with Gasteiger partial charge in [-0.15, -0.1) is 0 Å². The van der Waals surface area contributed by atoms with E-state index >= 15 is 0 Å². The first-order chi connectivity index (χ1) is 10.5. The molecule has 0 atom stereocenters. The summed E-state index contributed by atoms with van der Waals surface area (Å²) in [6, 6.07) is 12.2. The number of halogens is 1. The Morgan fingerprint density at radius 3 is 2.68 bits per heavy atom. The number of nitrogens with zero attached hydrogens (tertiary/aromatic N) is 1. The van der Waals surface area contributed by atoms with Gasteiger partial charge >= 0.3 is 5.69 Å². The molecule has 0 spiro atoms. The number of para-hydroxylation sites is 1. The number of fused-ring (bicyclic) bond motifs is 1. The number of nitro groups is 1. The molecule has 22 heavy (non-hydrogen) atoms. The molecule has 1 aromatic heterocycles. The predicted octanol–water partition coefficient (Wildman–Crippen LogP) is 3.47. The summed E-state index contributed by atoms with van der Waals surface area (Å²) in [6.07, 6.45) is 0. The number of carbonyl (C=O) groups excluding carboxylic acids is 1. The Kier molecular flexibility index (Phi) is 3.30. The second-order valence-corrected chi connectivity index (χ2v) is 4.65. The molecule has 2 N–H and O–H groups in total. The van der Waals surface area contributed by atoms with Gasteiger partial charge in [0.1, 0.15) is 5.69 Å². The quantitative estimate of drug-likeness (QED) is 0.573. The summed E-state index contributed by atoms with van der Waals surface area (Å²) in [5.41, 5.74) is 0.581. The van der Waals surface area contributed by atoms with Crippen LogP contribution in [-0.4, -0.2) is 15.8 Å². The molecular formula is C15H10FN3O3. The molecule has 0 aliphatic rings. The van der Waals surface area contributed by atoms with Gasteiger partial charge in [-0.3, -0.25) is 14.9 Å². The van der Waals surface area contributed by atoms with Gasteiger partial charge in [0.05, 0.1) is 4.92 Å². The van der Waals surface area contributed by atoms with E-state index in [0.717, 1.165) is 23.0 Å². The van der Waals surface area contributed by atoms with Crippen LogP contribution in [0.3, 0.4) is 0 Å². The van der Waals surface area contributed by atoms with E-state index in [1.165, 1.54) is 6.07 Å². The zero-order valence-electron chi connectivity index (χ0n) is 11.2. The van der Waals surface area contributed by atoms with Gasteiger partial charge in [-0.05, 0) is 24.3 Å². The molecule has 0 saturated carbocycles. The summed E-state index contributed by atoms with van der Waals surface area (Å²) in [5.74, 6) is -1.41. The second kappa shape index (κ2) is 5.28. The number of anilines is 1. The summed E-state index contributed by atoms with van der Waals surface area (Å²) in [5, 5.41) is 14.1. The van der Waals surface area contributed by atoms with Gasteiger partial charge in [-0.1, -0.05) is 18.2 Å². The van der Waals surface area contributed by atoms with Gasteiger partial charge in [0.15, 0.2) is 0 Å². The highest BCUT2D eigenvalue weighted by Crippen LogP contribution is 2.22. The summed E-state index contributed by atoms with van der Waals surface area (Å²) in [6.45, 7) is 0. The van der Waals surface area contributed by atoms with Gasteiger partial charge in [-0.25, -0.2) is 0 Å². The highest BCUT2D eigenvalue weighted by molar-refractivity contribution is 6.06. The normalized spacial score (nSPS) is 10.6. The number of hydrogen-bond donors (Lipinski definition) is 2. The maximum absolute atomic E-state index is 13.3. The van der Waals surface area contributed by atoms with Crippen molar-refractivity contribution in [2.24, 2.45) is 0 Å². The van der Waals surface area contributed by atoms with Crippen LogP contribution in [-0.2, 0) is 0 Å². The molecule has 0 aliphatic carbocycles. The molecule has 0 aliphatic heterocycles. The summed E-state index contributed by atoms with van der Waals surface area (Å²) < 4.78 is 13.3. The third-order valence-electron chi connectivity index (χ3n) is 3.18. The minimum atomic E-state index is -0.950. The van der Waals surface area contributed by atoms with Crippen molar-refractivity contribution < 1.29 is 14.1 Å². The van der Waals surface area contributed by atoms with E-state index in [1.807, 2.05) is 24.3 Å². The monoisotopic (exact) mass is 299 g/mol. The molecule has 0 bridgehead atoms. The third kappa shape index (κ3) is 2.51. The molecule has 0 fully saturated rings. The summed E-state index contributed by atoms with van der Waals surface area (Å²) in [4.78, 5) is 24.9. The Labute approximate surface area is 123 Å². The van der Waals surface area contributed by atoms with Crippen LogP contribution >= 0.6 is 0 Å². The highest BCUT2D eigenvalue weighted by Gasteiger charge is 2.16. The number of hydrogen-bond acceptors (Lipinski definition) is 3. The first-order valence-electron chi connectivity index (χ1n) is 6.37. The van der Waals surface area contributed by atoms with E-state index in [9.17, 15) is 19.3 Å². The van der Waals surface area contributed by atoms with Crippen molar-refractivity contribution in [1.29, 1.82) is 0 Å². The largest absolute Gasteiger partial charge is 0.351 e. The zero-order chi connectivity index (χ0) is 15.7. The van der Waals surface area contributed by atoms with Crippen molar-refractivity contribution in [2.75, 3.05) is 5.32 Å². The van der Waals surface area contributed by atoms with Crippen LogP contribution in [0.15, 0.2) is 48.5 Å². The lowest BCUT2D eigenvalue weighted by atomic mass is 10.2. The van der Waals surface area contributed by atoms with Crippen LogP contribution < -0.4 is 5.32 Å². The fourth-order valence-corrected chi connectivity index (χ4v) is 2.12. The van der Waals surface area contributed by atoms with Crippen LogP contribution in [0, 0.1) is 15.9 Å². The highest BCUT2D eigenvalue weighted by atomic mass is 19.1. The average Bonchev–Trinajstić information content (AvgIpc) is 2.93. The maximum Gasteiger partial charge on any atom is 0.306 e. The number of rotatable bonds is 3. The van der Waals surface area contributed by atoms with E-state index in [-0.39, 0.29) is 5.69 Å². The van der Waals surface area contributed by atoms with Crippen molar-refractivity contribution in [2.45, 2.75) is 0 Å². The molecule has 0 radical (unpaired) electrons. The van der Waals surface area contributed by atoms with Crippen molar-refractivity contribution in [1.82, 2.24) is 4.98 Å². The number of carbonyl (C=O) groups is 1. The topological polar surface area (TPSA) is 88.0 Å². The summed E-state index contributed by atoms with van der Waals surface area (Å²) in [7, 11) is 0. The standard InChI is InChI=1S/C15H10FN3O3/c16-11-6-5-10(8-14(11)19(21)22)17-15(20)13-7-9-3-1-2-4-12(9)18-13/h1-8,18H,(H,17,20). The summed E-state index contributed by atoms with van der Waals surface area (Å²) >= 11 is 0. The molecule has 7 heteroatoms. The fraction of sp³-hybridized carbons (Fsp3) is 0. The van der Waals surface area contributed by atoms with Crippen LogP contribution in [0.5, 0.6) is 0 Å². The van der Waals surface area contributed by atoms with E-state index in [0.29, 0.717) is 5.69 Å². The predicted molar refractivity (Wildman–Crippen MR) is 79.3 cm³/mol. The molecule has 2 aromatic carbocycles. The minimum absolute atomic E-state index is 0.150. The van der Waals surface area contributed by atoms with Gasteiger partial charge in [-0.2, -0.15) is 4.39 Å². The smallest absolute Gasteiger partial charge is 0.306 e. The third-order valence-corrected chi connectivity index (χ3v) is 3.18. The number of nitrogens with one attached hydrogen (secondary N) is 2. The van der Waals surface area contributed by atoms with Crippen molar-refractivity contribution >= 4 is 28.2 Å². The van der Waals surface area contributed by atoms with E-state index in [2.05, 4.69) is 10.3 Å². The molecule has 1 heterocycles. The zero-order valence-corrected chi connectivity index (χ0v) is 11.2. The Balaban J connectivity index is 1.87. The molecular weight excluding hydrogens is 289 g/mol. The first-order valence-corrected chi connectivity index (χ1v) is 6.37. The van der Waals surface area contributed by atoms with Crippen molar-refractivity contribution in [3.63, 3.8) is 0 Å². The lowest BCUT2D eigenvalue weighted by Gasteiger charge is -2.03. The minimum Gasteiger partial charge on any atom is -0.351 e. The number of aromatic nitrogens is 1. The van der Waals surface area contributed by atoms with Crippen LogP contribution in [0.2, 0.25) is 0 Å². The Morgan fingerprint density at radius 1 is 1.18 bits per heavy atom. The van der Waals surface area contributed by atoms with Crippen molar-refractivity contribution in [3.8, 4) is 0 Å². The SMILES string of the molecule is O=C(Nc1ccc(F)c([N+](=O)[O-])c1)c1cc2ccccc2[nH]1. The van der Waals surface area contributed by atoms with E-state index in [4.69, 9.17) is 0 Å². The molecule has 3 rings (SSSR count). The molecule has 0 unspecified atom stereocenters. The Bertz CT molecular complexity index is 856. The molecule has 0 saturated heterocycles. The number of nitro benzene ring substituents is 1. The maximum atomic E-state index is 13.3. The Hall–Kier alpha value is -3.22. The lowest BCUT2D eigenvalue weighted by molar-refractivity contribution is -0.387. The molecule has 6 nitrogen and oxygen atoms in total. The van der Waals surface area contributed by atoms with E-state index < -0.39 is 22.3 Å². The number of H-pyrrole nitrogens is 1. The van der Waals surface area contributed by atoms with Gasteiger partial charge < -0.3 is 10.3 Å². The van der Waals surface area contributed by atoms with Crippen LogP contribution in [0.4, 0.5) is 15.8 Å². The average molecular weight is 299 g/mol. The van der Waals surface area contributed by atoms with Crippen LogP contribution in [0.25, 0.3) is 10.9 Å². The molecule has 1 amide bonds.